The van der Waals surface area contributed by atoms with Crippen LogP contribution < -0.4 is 11.1 Å². The number of aliphatic hydroxyl groups excluding tert-OH is 1. The predicted molar refractivity (Wildman–Crippen MR) is 115 cm³/mol. The molecule has 0 bridgehead atoms. The number of halogens is 2. The van der Waals surface area contributed by atoms with Gasteiger partial charge in [-0.3, -0.25) is 4.99 Å². The lowest BCUT2D eigenvalue weighted by Crippen LogP contribution is -2.25. The van der Waals surface area contributed by atoms with Crippen LogP contribution in [0.3, 0.4) is 0 Å². The highest BCUT2D eigenvalue weighted by molar-refractivity contribution is 14.0. The summed E-state index contributed by atoms with van der Waals surface area (Å²) in [7, 11) is 0. The van der Waals surface area contributed by atoms with Crippen molar-refractivity contribution in [2.75, 3.05) is 11.9 Å². The van der Waals surface area contributed by atoms with E-state index in [2.05, 4.69) is 16.4 Å². The summed E-state index contributed by atoms with van der Waals surface area (Å²) in [4.78, 5) is 4.27. The van der Waals surface area contributed by atoms with E-state index in [0.717, 1.165) is 24.1 Å². The number of aryl methyl sites for hydroxylation is 1. The number of nitrogens with two attached hydrogens (primary N) is 1. The Morgan fingerprint density at radius 1 is 1.16 bits per heavy atom. The molecular formula is C19H23ClIN3O. The Bertz CT molecular complexity index is 734. The van der Waals surface area contributed by atoms with Crippen molar-refractivity contribution in [2.45, 2.75) is 31.8 Å². The number of nitrogens with one attached hydrogen (secondary N) is 1. The summed E-state index contributed by atoms with van der Waals surface area (Å²) in [5.74, 6) is 0.321. The molecule has 134 valence electrons. The molecule has 0 aliphatic heterocycles. The number of guanidine groups is 1. The zero-order valence-corrected chi connectivity index (χ0v) is 17.0. The van der Waals surface area contributed by atoms with E-state index in [0.29, 0.717) is 11.0 Å². The van der Waals surface area contributed by atoms with E-state index in [1.165, 1.54) is 24.0 Å². The molecule has 0 amide bonds. The van der Waals surface area contributed by atoms with Crippen LogP contribution in [0.4, 0.5) is 5.69 Å². The first-order chi connectivity index (χ1) is 11.6. The van der Waals surface area contributed by atoms with Crippen LogP contribution >= 0.6 is 35.6 Å². The Balaban J connectivity index is 0.00000225. The predicted octanol–water partition coefficient (Wildman–Crippen LogP) is 4.30. The number of rotatable bonds is 4. The average Bonchev–Trinajstić information content (AvgIpc) is 2.61. The molecule has 6 heteroatoms. The van der Waals surface area contributed by atoms with Gasteiger partial charge in [-0.2, -0.15) is 0 Å². The molecule has 0 saturated heterocycles. The first-order valence-corrected chi connectivity index (χ1v) is 8.62. The maximum Gasteiger partial charge on any atom is 0.193 e. The van der Waals surface area contributed by atoms with Crippen molar-refractivity contribution in [3.63, 3.8) is 0 Å². The number of aliphatic imine (C=N–C) groups is 1. The van der Waals surface area contributed by atoms with E-state index in [1.807, 2.05) is 12.1 Å². The zero-order chi connectivity index (χ0) is 16.9. The molecule has 0 heterocycles. The van der Waals surface area contributed by atoms with Crippen molar-refractivity contribution < 1.29 is 5.11 Å². The standard InChI is InChI=1S/C19H22ClN3O.HI/c20-15-10-8-14(9-11-15)18(24)12-22-19(21)23-17-7-3-5-13-4-1-2-6-16(13)17;/h3,5,7-11,18,24H,1-2,4,6,12H2,(H3,21,22,23);1H. The monoisotopic (exact) mass is 471 g/mol. The molecule has 0 aromatic heterocycles. The quantitative estimate of drug-likeness (QED) is 0.354. The summed E-state index contributed by atoms with van der Waals surface area (Å²) in [6.07, 6.45) is 3.94. The average molecular weight is 472 g/mol. The van der Waals surface area contributed by atoms with Crippen LogP contribution in [-0.2, 0) is 12.8 Å². The third-order valence-electron chi connectivity index (χ3n) is 4.35. The largest absolute Gasteiger partial charge is 0.386 e. The summed E-state index contributed by atoms with van der Waals surface area (Å²) in [6, 6.07) is 13.3. The van der Waals surface area contributed by atoms with Gasteiger partial charge in [0.05, 0.1) is 12.6 Å². The third kappa shape index (κ3) is 5.33. The Labute approximate surface area is 170 Å². The zero-order valence-electron chi connectivity index (χ0n) is 13.9. The minimum Gasteiger partial charge on any atom is -0.386 e. The van der Waals surface area contributed by atoms with E-state index in [1.54, 1.807) is 24.3 Å². The van der Waals surface area contributed by atoms with Gasteiger partial charge in [0.2, 0.25) is 0 Å². The number of fused-ring (bicyclic) bond motifs is 1. The fraction of sp³-hybridized carbons (Fsp3) is 0.316. The highest BCUT2D eigenvalue weighted by atomic mass is 127. The van der Waals surface area contributed by atoms with Crippen molar-refractivity contribution in [2.24, 2.45) is 10.7 Å². The lowest BCUT2D eigenvalue weighted by Gasteiger charge is -2.20. The van der Waals surface area contributed by atoms with E-state index in [9.17, 15) is 5.11 Å². The van der Waals surface area contributed by atoms with E-state index < -0.39 is 6.10 Å². The van der Waals surface area contributed by atoms with Gasteiger partial charge in [0.15, 0.2) is 5.96 Å². The molecule has 3 rings (SSSR count). The molecule has 25 heavy (non-hydrogen) atoms. The SMILES string of the molecule is I.NC(=NCC(O)c1ccc(Cl)cc1)Nc1cccc2c1CCCC2. The highest BCUT2D eigenvalue weighted by Crippen LogP contribution is 2.27. The topological polar surface area (TPSA) is 70.6 Å². The molecule has 2 aromatic carbocycles. The normalized spacial score (nSPS) is 15.0. The first kappa shape index (κ1) is 20.0. The van der Waals surface area contributed by atoms with Crippen molar-refractivity contribution in [1.29, 1.82) is 0 Å². The van der Waals surface area contributed by atoms with Gasteiger partial charge in [0.1, 0.15) is 0 Å². The lowest BCUT2D eigenvalue weighted by molar-refractivity contribution is 0.187. The van der Waals surface area contributed by atoms with Crippen molar-refractivity contribution in [3.05, 3.63) is 64.2 Å². The molecular weight excluding hydrogens is 449 g/mol. The maximum absolute atomic E-state index is 10.2. The highest BCUT2D eigenvalue weighted by Gasteiger charge is 2.13. The van der Waals surface area contributed by atoms with Crippen LogP contribution in [0, 0.1) is 0 Å². The van der Waals surface area contributed by atoms with Crippen LogP contribution in [0.25, 0.3) is 0 Å². The van der Waals surface area contributed by atoms with Gasteiger partial charge in [-0.05, 0) is 60.6 Å². The Kier molecular flexibility index (Phi) is 7.53. The number of benzene rings is 2. The van der Waals surface area contributed by atoms with E-state index in [4.69, 9.17) is 17.3 Å². The van der Waals surface area contributed by atoms with Gasteiger partial charge in [0.25, 0.3) is 0 Å². The molecule has 0 saturated carbocycles. The molecule has 4 N–H and O–H groups in total. The second kappa shape index (κ2) is 9.40. The summed E-state index contributed by atoms with van der Waals surface area (Å²) in [6.45, 7) is 0.204. The van der Waals surface area contributed by atoms with Crippen molar-refractivity contribution >= 4 is 47.2 Å². The lowest BCUT2D eigenvalue weighted by atomic mass is 9.90. The molecule has 0 fully saturated rings. The summed E-state index contributed by atoms with van der Waals surface area (Å²) in [5.41, 5.74) is 10.5. The van der Waals surface area contributed by atoms with E-state index in [-0.39, 0.29) is 30.5 Å². The Morgan fingerprint density at radius 2 is 1.88 bits per heavy atom. The van der Waals surface area contributed by atoms with Gasteiger partial charge in [-0.1, -0.05) is 35.9 Å². The Morgan fingerprint density at radius 3 is 2.64 bits per heavy atom. The number of hydrogen-bond acceptors (Lipinski definition) is 2. The summed E-state index contributed by atoms with van der Waals surface area (Å²) in [5, 5.41) is 14.0. The third-order valence-corrected chi connectivity index (χ3v) is 4.60. The maximum atomic E-state index is 10.2. The van der Waals surface area contributed by atoms with Crippen molar-refractivity contribution in [3.8, 4) is 0 Å². The molecule has 4 nitrogen and oxygen atoms in total. The number of hydrogen-bond donors (Lipinski definition) is 3. The van der Waals surface area contributed by atoms with Crippen LogP contribution in [0.1, 0.15) is 35.6 Å². The number of aliphatic hydroxyl groups is 1. The molecule has 1 aliphatic rings. The van der Waals surface area contributed by atoms with Gasteiger partial charge in [-0.25, -0.2) is 0 Å². The molecule has 1 atom stereocenters. The van der Waals surface area contributed by atoms with E-state index >= 15 is 0 Å². The molecule has 0 spiro atoms. The number of anilines is 1. The van der Waals surface area contributed by atoms with Gasteiger partial charge < -0.3 is 16.2 Å². The van der Waals surface area contributed by atoms with Gasteiger partial charge >= 0.3 is 0 Å². The van der Waals surface area contributed by atoms with Crippen LogP contribution in [0.5, 0.6) is 0 Å². The van der Waals surface area contributed by atoms with Crippen LogP contribution in [0.15, 0.2) is 47.5 Å². The van der Waals surface area contributed by atoms with Crippen LogP contribution in [-0.4, -0.2) is 17.6 Å². The molecule has 1 aliphatic carbocycles. The fourth-order valence-electron chi connectivity index (χ4n) is 3.05. The smallest absolute Gasteiger partial charge is 0.193 e. The fourth-order valence-corrected chi connectivity index (χ4v) is 3.18. The van der Waals surface area contributed by atoms with Crippen LogP contribution in [0.2, 0.25) is 5.02 Å². The molecule has 0 radical (unpaired) electrons. The van der Waals surface area contributed by atoms with Gasteiger partial charge in [0, 0.05) is 10.7 Å². The summed E-state index contributed by atoms with van der Waals surface area (Å²) < 4.78 is 0. The minimum absolute atomic E-state index is 0. The van der Waals surface area contributed by atoms with Crippen molar-refractivity contribution in [1.82, 2.24) is 0 Å². The molecule has 2 aromatic rings. The second-order valence-corrected chi connectivity index (χ2v) is 6.51. The Hall–Kier alpha value is -1.31. The number of nitrogens with zero attached hydrogens (tertiary/aromatic N) is 1. The second-order valence-electron chi connectivity index (χ2n) is 6.07. The van der Waals surface area contributed by atoms with Gasteiger partial charge in [-0.15, -0.1) is 24.0 Å². The first-order valence-electron chi connectivity index (χ1n) is 8.25. The minimum atomic E-state index is -0.702. The summed E-state index contributed by atoms with van der Waals surface area (Å²) >= 11 is 5.85. The molecule has 1 unspecified atom stereocenters.